The maximum Gasteiger partial charge on any atom is 0.0587 e. The average Bonchev–Trinajstić information content (AvgIpc) is 2.75. The van der Waals surface area contributed by atoms with E-state index in [1.54, 1.807) is 7.11 Å². The molecule has 0 spiro atoms. The van der Waals surface area contributed by atoms with Crippen LogP contribution in [0.15, 0.2) is 18.5 Å². The van der Waals surface area contributed by atoms with Gasteiger partial charge in [-0.2, -0.15) is 0 Å². The van der Waals surface area contributed by atoms with Crippen molar-refractivity contribution in [2.24, 2.45) is 0 Å². The molecule has 0 aromatic carbocycles. The summed E-state index contributed by atoms with van der Waals surface area (Å²) in [6.45, 7) is 7.20. The van der Waals surface area contributed by atoms with E-state index in [-0.39, 0.29) is 0 Å². The van der Waals surface area contributed by atoms with Gasteiger partial charge in [0.25, 0.3) is 0 Å². The molecule has 1 rings (SSSR count). The molecule has 0 amide bonds. The Morgan fingerprint density at radius 3 is 3.00 bits per heavy atom. The maximum absolute atomic E-state index is 5.02. The molecule has 1 atom stereocenters. The van der Waals surface area contributed by atoms with Crippen LogP contribution < -0.4 is 5.32 Å². The Kier molecular flexibility index (Phi) is 6.19. The van der Waals surface area contributed by atoms with Crippen molar-refractivity contribution in [3.8, 4) is 0 Å². The smallest absolute Gasteiger partial charge is 0.0587 e. The molecule has 16 heavy (non-hydrogen) atoms. The van der Waals surface area contributed by atoms with Gasteiger partial charge in [0.05, 0.1) is 6.61 Å². The molecule has 1 aromatic rings. The number of unbranched alkanes of at least 4 members (excludes halogenated alkanes) is 1. The predicted octanol–water partition coefficient (Wildman–Crippen LogP) is 2.59. The summed E-state index contributed by atoms with van der Waals surface area (Å²) in [7, 11) is 1.73. The number of rotatable bonds is 8. The molecule has 0 saturated heterocycles. The van der Waals surface area contributed by atoms with Gasteiger partial charge in [0.2, 0.25) is 0 Å². The molecule has 0 aliphatic carbocycles. The Balaban J connectivity index is 2.37. The number of nitrogens with one attached hydrogen (secondary N) is 1. The Morgan fingerprint density at radius 2 is 2.31 bits per heavy atom. The highest BCUT2D eigenvalue weighted by molar-refractivity contribution is 5.14. The second kappa shape index (κ2) is 7.47. The van der Waals surface area contributed by atoms with Crippen LogP contribution in [-0.4, -0.2) is 24.8 Å². The number of aryl methyl sites for hydroxylation is 1. The summed E-state index contributed by atoms with van der Waals surface area (Å²) in [6, 6.07) is 2.60. The second-order valence-electron chi connectivity index (χ2n) is 4.20. The van der Waals surface area contributed by atoms with Gasteiger partial charge in [-0.25, -0.2) is 0 Å². The van der Waals surface area contributed by atoms with E-state index in [9.17, 15) is 0 Å². The summed E-state index contributed by atoms with van der Waals surface area (Å²) in [6.07, 6.45) is 6.90. The van der Waals surface area contributed by atoms with Gasteiger partial charge in [-0.05, 0) is 25.0 Å². The zero-order chi connectivity index (χ0) is 11.8. The zero-order valence-electron chi connectivity index (χ0n) is 10.7. The minimum atomic E-state index is 0.401. The Labute approximate surface area is 98.8 Å². The van der Waals surface area contributed by atoms with Gasteiger partial charge < -0.3 is 14.6 Å². The van der Waals surface area contributed by atoms with Gasteiger partial charge in [0.15, 0.2) is 0 Å². The SMILES string of the molecule is CCCCn1ccc([C@@H](C)NCCOC)c1. The summed E-state index contributed by atoms with van der Waals surface area (Å²) in [5.41, 5.74) is 1.35. The summed E-state index contributed by atoms with van der Waals surface area (Å²) >= 11 is 0. The molecule has 0 aliphatic rings. The standard InChI is InChI=1S/C13H24N2O/c1-4-5-8-15-9-6-13(11-15)12(2)14-7-10-16-3/h6,9,11-12,14H,4-5,7-8,10H2,1-3H3/t12-/m1/s1. The van der Waals surface area contributed by atoms with E-state index in [4.69, 9.17) is 4.74 Å². The van der Waals surface area contributed by atoms with E-state index >= 15 is 0 Å². The first kappa shape index (κ1) is 13.3. The molecular weight excluding hydrogens is 200 g/mol. The lowest BCUT2D eigenvalue weighted by atomic mass is 10.2. The quantitative estimate of drug-likeness (QED) is 0.687. The van der Waals surface area contributed by atoms with Crippen LogP contribution in [0.25, 0.3) is 0 Å². The molecule has 1 aromatic heterocycles. The van der Waals surface area contributed by atoms with E-state index in [2.05, 4.69) is 42.2 Å². The van der Waals surface area contributed by atoms with Crippen LogP contribution in [0.2, 0.25) is 0 Å². The first-order valence-electron chi connectivity index (χ1n) is 6.16. The molecule has 0 unspecified atom stereocenters. The molecule has 92 valence electrons. The van der Waals surface area contributed by atoms with Crippen LogP contribution in [0.3, 0.4) is 0 Å². The zero-order valence-corrected chi connectivity index (χ0v) is 10.7. The third-order valence-corrected chi connectivity index (χ3v) is 2.80. The normalized spacial score (nSPS) is 12.9. The van der Waals surface area contributed by atoms with E-state index < -0.39 is 0 Å². The van der Waals surface area contributed by atoms with Crippen LogP contribution in [0, 0.1) is 0 Å². The Morgan fingerprint density at radius 1 is 1.50 bits per heavy atom. The average molecular weight is 224 g/mol. The van der Waals surface area contributed by atoms with Crippen molar-refractivity contribution in [3.05, 3.63) is 24.0 Å². The molecule has 1 heterocycles. The highest BCUT2D eigenvalue weighted by Crippen LogP contribution is 2.12. The number of ether oxygens (including phenoxy) is 1. The number of hydrogen-bond donors (Lipinski definition) is 1. The Hall–Kier alpha value is -0.800. The van der Waals surface area contributed by atoms with Crippen molar-refractivity contribution in [2.75, 3.05) is 20.3 Å². The summed E-state index contributed by atoms with van der Waals surface area (Å²) in [5, 5.41) is 3.43. The molecule has 3 heteroatoms. The molecule has 0 bridgehead atoms. The first-order valence-corrected chi connectivity index (χ1v) is 6.16. The van der Waals surface area contributed by atoms with Crippen LogP contribution >= 0.6 is 0 Å². The van der Waals surface area contributed by atoms with Crippen molar-refractivity contribution in [2.45, 2.75) is 39.3 Å². The highest BCUT2D eigenvalue weighted by atomic mass is 16.5. The van der Waals surface area contributed by atoms with Crippen LogP contribution in [0.4, 0.5) is 0 Å². The van der Waals surface area contributed by atoms with Crippen molar-refractivity contribution < 1.29 is 4.74 Å². The predicted molar refractivity (Wildman–Crippen MR) is 67.6 cm³/mol. The van der Waals surface area contributed by atoms with Gasteiger partial charge in [-0.15, -0.1) is 0 Å². The summed E-state index contributed by atoms with van der Waals surface area (Å²) in [4.78, 5) is 0. The lowest BCUT2D eigenvalue weighted by molar-refractivity contribution is 0.196. The molecule has 1 N–H and O–H groups in total. The van der Waals surface area contributed by atoms with Crippen molar-refractivity contribution in [1.29, 1.82) is 0 Å². The Bertz CT molecular complexity index is 283. The maximum atomic E-state index is 5.02. The fraction of sp³-hybridized carbons (Fsp3) is 0.692. The summed E-state index contributed by atoms with van der Waals surface area (Å²) in [5.74, 6) is 0. The van der Waals surface area contributed by atoms with E-state index in [1.807, 2.05) is 0 Å². The molecule has 0 aliphatic heterocycles. The molecule has 0 radical (unpaired) electrons. The topological polar surface area (TPSA) is 26.2 Å². The summed E-state index contributed by atoms with van der Waals surface area (Å²) < 4.78 is 7.29. The highest BCUT2D eigenvalue weighted by Gasteiger charge is 2.05. The van der Waals surface area contributed by atoms with Crippen LogP contribution in [-0.2, 0) is 11.3 Å². The fourth-order valence-electron chi connectivity index (χ4n) is 1.69. The molecular formula is C13H24N2O. The molecule has 0 fully saturated rings. The van der Waals surface area contributed by atoms with Gasteiger partial charge in [0.1, 0.15) is 0 Å². The van der Waals surface area contributed by atoms with Crippen LogP contribution in [0.1, 0.15) is 38.3 Å². The fourth-order valence-corrected chi connectivity index (χ4v) is 1.69. The third-order valence-electron chi connectivity index (χ3n) is 2.80. The van der Waals surface area contributed by atoms with E-state index in [1.165, 1.54) is 18.4 Å². The monoisotopic (exact) mass is 224 g/mol. The third kappa shape index (κ3) is 4.37. The van der Waals surface area contributed by atoms with Gasteiger partial charge in [0, 0.05) is 38.6 Å². The van der Waals surface area contributed by atoms with Gasteiger partial charge in [-0.1, -0.05) is 13.3 Å². The van der Waals surface area contributed by atoms with Crippen molar-refractivity contribution in [1.82, 2.24) is 9.88 Å². The minimum absolute atomic E-state index is 0.401. The molecule has 3 nitrogen and oxygen atoms in total. The lowest BCUT2D eigenvalue weighted by Gasteiger charge is -2.11. The lowest BCUT2D eigenvalue weighted by Crippen LogP contribution is -2.22. The van der Waals surface area contributed by atoms with E-state index in [0.29, 0.717) is 6.04 Å². The van der Waals surface area contributed by atoms with E-state index in [0.717, 1.165) is 19.7 Å². The second-order valence-corrected chi connectivity index (χ2v) is 4.20. The molecule has 0 saturated carbocycles. The number of aromatic nitrogens is 1. The van der Waals surface area contributed by atoms with Crippen molar-refractivity contribution in [3.63, 3.8) is 0 Å². The van der Waals surface area contributed by atoms with Gasteiger partial charge in [-0.3, -0.25) is 0 Å². The van der Waals surface area contributed by atoms with Crippen molar-refractivity contribution >= 4 is 0 Å². The number of hydrogen-bond acceptors (Lipinski definition) is 2. The van der Waals surface area contributed by atoms with Gasteiger partial charge >= 0.3 is 0 Å². The number of nitrogens with zero attached hydrogens (tertiary/aromatic N) is 1. The first-order chi connectivity index (χ1) is 7.77. The number of methoxy groups -OCH3 is 1. The largest absolute Gasteiger partial charge is 0.383 e. The van der Waals surface area contributed by atoms with Crippen LogP contribution in [0.5, 0.6) is 0 Å². The minimum Gasteiger partial charge on any atom is -0.383 e.